The molecule has 1 N–H and O–H groups in total. The summed E-state index contributed by atoms with van der Waals surface area (Å²) in [5, 5.41) is 13.6. The summed E-state index contributed by atoms with van der Waals surface area (Å²) in [4.78, 5) is 22.5. The van der Waals surface area contributed by atoms with Crippen LogP contribution in [0, 0.1) is 10.1 Å². The number of carbonyl (C=O) groups excluding carboxylic acids is 1. The molecule has 0 heterocycles. The number of anilines is 1. The van der Waals surface area contributed by atoms with Crippen molar-refractivity contribution >= 4 is 17.3 Å². The molecule has 0 saturated heterocycles. The van der Waals surface area contributed by atoms with E-state index in [2.05, 4.69) is 38.2 Å². The topological polar surface area (TPSA) is 72.2 Å². The van der Waals surface area contributed by atoms with Crippen molar-refractivity contribution in [2.75, 3.05) is 5.32 Å². The lowest BCUT2D eigenvalue weighted by Crippen LogP contribution is -2.14. The fourth-order valence-corrected chi connectivity index (χ4v) is 2.38. The maximum atomic E-state index is 12.1. The van der Waals surface area contributed by atoms with Gasteiger partial charge in [0.1, 0.15) is 5.69 Å². The van der Waals surface area contributed by atoms with Crippen LogP contribution >= 0.6 is 0 Å². The first-order valence-electron chi connectivity index (χ1n) is 7.90. The van der Waals surface area contributed by atoms with Gasteiger partial charge in [-0.2, -0.15) is 0 Å². The van der Waals surface area contributed by atoms with Crippen LogP contribution in [0.25, 0.3) is 0 Å². The van der Waals surface area contributed by atoms with E-state index in [1.165, 1.54) is 17.7 Å². The van der Waals surface area contributed by atoms with Crippen LogP contribution in [0.3, 0.4) is 0 Å². The molecule has 0 saturated carbocycles. The number of amides is 1. The Morgan fingerprint density at radius 3 is 2.29 bits per heavy atom. The highest BCUT2D eigenvalue weighted by Gasteiger charge is 2.15. The van der Waals surface area contributed by atoms with Gasteiger partial charge in [0.25, 0.3) is 5.69 Å². The van der Waals surface area contributed by atoms with Gasteiger partial charge < -0.3 is 5.32 Å². The molecule has 0 aliphatic rings. The second kappa shape index (κ2) is 7.25. The van der Waals surface area contributed by atoms with E-state index in [4.69, 9.17) is 0 Å². The summed E-state index contributed by atoms with van der Waals surface area (Å²) >= 11 is 0. The Hall–Kier alpha value is -2.69. The van der Waals surface area contributed by atoms with Crippen LogP contribution in [-0.4, -0.2) is 10.8 Å². The van der Waals surface area contributed by atoms with Gasteiger partial charge in [0.2, 0.25) is 5.91 Å². The number of nitrogens with zero attached hydrogens (tertiary/aromatic N) is 1. The Kier molecular flexibility index (Phi) is 5.34. The zero-order chi connectivity index (χ0) is 17.7. The van der Waals surface area contributed by atoms with Gasteiger partial charge in [0.05, 0.1) is 4.92 Å². The monoisotopic (exact) mass is 326 g/mol. The van der Waals surface area contributed by atoms with E-state index in [-0.39, 0.29) is 29.1 Å². The van der Waals surface area contributed by atoms with E-state index in [0.717, 1.165) is 5.56 Å². The van der Waals surface area contributed by atoms with E-state index in [9.17, 15) is 14.9 Å². The van der Waals surface area contributed by atoms with E-state index in [0.29, 0.717) is 6.42 Å². The molecular formula is C19H22N2O3. The molecule has 5 nitrogen and oxygen atoms in total. The number of nitrogens with one attached hydrogen (secondary N) is 1. The number of hydrogen-bond donors (Lipinski definition) is 1. The molecule has 0 bridgehead atoms. The molecule has 0 atom stereocenters. The Balaban J connectivity index is 1.96. The smallest absolute Gasteiger partial charge is 0.292 e. The molecule has 0 radical (unpaired) electrons. The molecule has 24 heavy (non-hydrogen) atoms. The summed E-state index contributed by atoms with van der Waals surface area (Å²) in [6, 6.07) is 14.4. The number of hydrogen-bond acceptors (Lipinski definition) is 3. The SMILES string of the molecule is CC(C)(C)c1ccc(CCC(=O)Nc2ccccc2[N+](=O)[O-])cc1. The highest BCUT2D eigenvalue weighted by atomic mass is 16.6. The van der Waals surface area contributed by atoms with Gasteiger partial charge in [-0.15, -0.1) is 0 Å². The van der Waals surface area contributed by atoms with E-state index in [1.54, 1.807) is 12.1 Å². The molecule has 2 rings (SSSR count). The quantitative estimate of drug-likeness (QED) is 0.651. The van der Waals surface area contributed by atoms with Crippen LogP contribution in [-0.2, 0) is 16.6 Å². The number of carbonyl (C=O) groups is 1. The highest BCUT2D eigenvalue weighted by Crippen LogP contribution is 2.24. The van der Waals surface area contributed by atoms with Gasteiger partial charge >= 0.3 is 0 Å². The van der Waals surface area contributed by atoms with Crippen LogP contribution in [0.4, 0.5) is 11.4 Å². The number of aryl methyl sites for hydroxylation is 1. The average Bonchev–Trinajstić information content (AvgIpc) is 2.53. The molecule has 0 unspecified atom stereocenters. The normalized spacial score (nSPS) is 11.1. The molecule has 0 fully saturated rings. The van der Waals surface area contributed by atoms with E-state index >= 15 is 0 Å². The lowest BCUT2D eigenvalue weighted by molar-refractivity contribution is -0.383. The minimum Gasteiger partial charge on any atom is -0.320 e. The number of nitro groups is 1. The minimum atomic E-state index is -0.499. The van der Waals surface area contributed by atoms with Gasteiger partial charge in [0, 0.05) is 12.5 Å². The van der Waals surface area contributed by atoms with Crippen molar-refractivity contribution in [2.24, 2.45) is 0 Å². The second-order valence-corrected chi connectivity index (χ2v) is 6.77. The van der Waals surface area contributed by atoms with Crippen LogP contribution in [0.5, 0.6) is 0 Å². The largest absolute Gasteiger partial charge is 0.320 e. The maximum absolute atomic E-state index is 12.1. The predicted molar refractivity (Wildman–Crippen MR) is 95.2 cm³/mol. The summed E-state index contributed by atoms with van der Waals surface area (Å²) < 4.78 is 0. The van der Waals surface area contributed by atoms with Gasteiger partial charge in [0.15, 0.2) is 0 Å². The third kappa shape index (κ3) is 4.65. The van der Waals surface area contributed by atoms with Crippen LogP contribution < -0.4 is 5.32 Å². The van der Waals surface area contributed by atoms with Crippen molar-refractivity contribution in [1.82, 2.24) is 0 Å². The zero-order valence-corrected chi connectivity index (χ0v) is 14.2. The third-order valence-corrected chi connectivity index (χ3v) is 3.84. The summed E-state index contributed by atoms with van der Waals surface area (Å²) in [5.41, 5.74) is 2.55. The summed E-state index contributed by atoms with van der Waals surface area (Å²) in [7, 11) is 0. The second-order valence-electron chi connectivity index (χ2n) is 6.77. The maximum Gasteiger partial charge on any atom is 0.292 e. The first-order valence-corrected chi connectivity index (χ1v) is 7.90. The lowest BCUT2D eigenvalue weighted by Gasteiger charge is -2.19. The predicted octanol–water partition coefficient (Wildman–Crippen LogP) is 4.46. The van der Waals surface area contributed by atoms with Gasteiger partial charge in [-0.1, -0.05) is 57.2 Å². The Labute approximate surface area is 141 Å². The first kappa shape index (κ1) is 17.7. The Morgan fingerprint density at radius 2 is 1.71 bits per heavy atom. The van der Waals surface area contributed by atoms with Crippen molar-refractivity contribution in [3.05, 3.63) is 69.8 Å². The molecule has 0 aromatic heterocycles. The van der Waals surface area contributed by atoms with Crippen LogP contribution in [0.1, 0.15) is 38.3 Å². The number of rotatable bonds is 5. The van der Waals surface area contributed by atoms with Crippen LogP contribution in [0.15, 0.2) is 48.5 Å². The molecule has 5 heteroatoms. The summed E-state index contributed by atoms with van der Waals surface area (Å²) in [6.45, 7) is 6.46. The molecule has 2 aromatic rings. The number of benzene rings is 2. The minimum absolute atomic E-state index is 0.0969. The first-order chi connectivity index (χ1) is 11.3. The number of para-hydroxylation sites is 2. The Morgan fingerprint density at radius 1 is 1.08 bits per heavy atom. The zero-order valence-electron chi connectivity index (χ0n) is 14.2. The van der Waals surface area contributed by atoms with Crippen molar-refractivity contribution in [2.45, 2.75) is 39.0 Å². The molecule has 2 aromatic carbocycles. The standard InChI is InChI=1S/C19H22N2O3/c1-19(2,3)15-11-8-14(9-12-15)10-13-18(22)20-16-6-4-5-7-17(16)21(23)24/h4-9,11-12H,10,13H2,1-3H3,(H,20,22). The Bertz CT molecular complexity index is 731. The van der Waals surface area contributed by atoms with Crippen molar-refractivity contribution < 1.29 is 9.72 Å². The van der Waals surface area contributed by atoms with Gasteiger partial charge in [-0.05, 0) is 29.0 Å². The highest BCUT2D eigenvalue weighted by molar-refractivity contribution is 5.93. The average molecular weight is 326 g/mol. The lowest BCUT2D eigenvalue weighted by atomic mass is 9.86. The van der Waals surface area contributed by atoms with Gasteiger partial charge in [-0.3, -0.25) is 14.9 Å². The fourth-order valence-electron chi connectivity index (χ4n) is 2.38. The fraction of sp³-hybridized carbons (Fsp3) is 0.316. The van der Waals surface area contributed by atoms with Crippen molar-refractivity contribution in [3.8, 4) is 0 Å². The summed E-state index contributed by atoms with van der Waals surface area (Å²) in [6.07, 6.45) is 0.873. The third-order valence-electron chi connectivity index (χ3n) is 3.84. The molecule has 126 valence electrons. The van der Waals surface area contributed by atoms with Crippen LogP contribution in [0.2, 0.25) is 0 Å². The molecule has 1 amide bonds. The molecule has 0 spiro atoms. The molecule has 0 aliphatic carbocycles. The van der Waals surface area contributed by atoms with Gasteiger partial charge in [-0.25, -0.2) is 0 Å². The van der Waals surface area contributed by atoms with Crippen molar-refractivity contribution in [3.63, 3.8) is 0 Å². The molecule has 0 aliphatic heterocycles. The van der Waals surface area contributed by atoms with E-state index < -0.39 is 4.92 Å². The van der Waals surface area contributed by atoms with Crippen molar-refractivity contribution in [1.29, 1.82) is 0 Å². The van der Waals surface area contributed by atoms with E-state index in [1.807, 2.05) is 12.1 Å². The summed E-state index contributed by atoms with van der Waals surface area (Å²) in [5.74, 6) is -0.232. The number of nitro benzene ring substituents is 1. The molecular weight excluding hydrogens is 304 g/mol.